The molecule has 0 aromatic heterocycles. The van der Waals surface area contributed by atoms with E-state index in [-0.39, 0.29) is 23.1 Å². The van der Waals surface area contributed by atoms with Crippen molar-refractivity contribution >= 4 is 29.2 Å². The number of rotatable bonds is 2. The molecule has 2 unspecified atom stereocenters. The van der Waals surface area contributed by atoms with Gasteiger partial charge in [0.2, 0.25) is 0 Å². The fourth-order valence-corrected chi connectivity index (χ4v) is 3.16. The predicted molar refractivity (Wildman–Crippen MR) is 83.4 cm³/mol. The van der Waals surface area contributed by atoms with E-state index in [4.69, 9.17) is 23.2 Å². The van der Waals surface area contributed by atoms with Gasteiger partial charge in [-0.1, -0.05) is 23.2 Å². The van der Waals surface area contributed by atoms with Crippen LogP contribution in [-0.4, -0.2) is 23.5 Å². The Kier molecular flexibility index (Phi) is 5.33. The zero-order valence-electron chi connectivity index (χ0n) is 12.1. The number of urea groups is 1. The van der Waals surface area contributed by atoms with Crippen molar-refractivity contribution in [2.45, 2.75) is 45.2 Å². The largest absolute Gasteiger partial charge is 0.331 e. The van der Waals surface area contributed by atoms with Gasteiger partial charge in [-0.05, 0) is 50.8 Å². The van der Waals surface area contributed by atoms with Crippen molar-refractivity contribution in [2.24, 2.45) is 0 Å². The van der Waals surface area contributed by atoms with Gasteiger partial charge in [0.1, 0.15) is 5.82 Å². The quantitative estimate of drug-likeness (QED) is 0.776. The van der Waals surface area contributed by atoms with Gasteiger partial charge in [0.05, 0.1) is 11.1 Å². The molecule has 2 atom stereocenters. The molecule has 0 saturated carbocycles. The first-order valence-corrected chi connectivity index (χ1v) is 7.87. The van der Waals surface area contributed by atoms with Crippen LogP contribution in [0.5, 0.6) is 0 Å². The van der Waals surface area contributed by atoms with Crippen molar-refractivity contribution in [1.82, 2.24) is 10.2 Å². The van der Waals surface area contributed by atoms with Gasteiger partial charge in [-0.25, -0.2) is 9.18 Å². The maximum absolute atomic E-state index is 13.6. The second kappa shape index (κ2) is 6.84. The second-order valence-corrected chi connectivity index (χ2v) is 6.31. The standard InChI is InChI=1S/C15H19Cl2FN2O/c1-9-5-3-4-6-20(9)15(21)19-10(2)11-7-14(18)13(17)8-12(11)16/h7-10H,3-6H2,1-2H3,(H,19,21). The Bertz CT molecular complexity index is 539. The molecule has 1 fully saturated rings. The van der Waals surface area contributed by atoms with E-state index < -0.39 is 5.82 Å². The Morgan fingerprint density at radius 3 is 2.76 bits per heavy atom. The summed E-state index contributed by atoms with van der Waals surface area (Å²) in [5.41, 5.74) is 0.525. The molecule has 0 spiro atoms. The lowest BCUT2D eigenvalue weighted by Crippen LogP contribution is -2.48. The maximum atomic E-state index is 13.6. The Balaban J connectivity index is 2.08. The van der Waals surface area contributed by atoms with Crippen LogP contribution >= 0.6 is 23.2 Å². The molecule has 1 saturated heterocycles. The molecule has 116 valence electrons. The summed E-state index contributed by atoms with van der Waals surface area (Å²) in [7, 11) is 0. The maximum Gasteiger partial charge on any atom is 0.318 e. The number of hydrogen-bond acceptors (Lipinski definition) is 1. The molecule has 2 rings (SSSR count). The van der Waals surface area contributed by atoms with Crippen LogP contribution in [0.3, 0.4) is 0 Å². The Labute approximate surface area is 134 Å². The number of likely N-dealkylation sites (tertiary alicyclic amines) is 1. The highest BCUT2D eigenvalue weighted by Gasteiger charge is 2.25. The van der Waals surface area contributed by atoms with E-state index >= 15 is 0 Å². The van der Waals surface area contributed by atoms with Crippen molar-refractivity contribution in [3.8, 4) is 0 Å². The van der Waals surface area contributed by atoms with E-state index in [0.29, 0.717) is 10.6 Å². The lowest BCUT2D eigenvalue weighted by atomic mass is 10.0. The Hall–Kier alpha value is -1.00. The molecule has 1 aliphatic rings. The third-order valence-corrected chi connectivity index (χ3v) is 4.53. The third-order valence-electron chi connectivity index (χ3n) is 3.91. The average molecular weight is 333 g/mol. The lowest BCUT2D eigenvalue weighted by molar-refractivity contribution is 0.155. The highest BCUT2D eigenvalue weighted by atomic mass is 35.5. The number of nitrogens with one attached hydrogen (secondary N) is 1. The number of nitrogens with zero attached hydrogens (tertiary/aromatic N) is 1. The van der Waals surface area contributed by atoms with Gasteiger partial charge in [0.15, 0.2) is 0 Å². The number of halogens is 3. The molecule has 0 radical (unpaired) electrons. The molecule has 6 heteroatoms. The van der Waals surface area contributed by atoms with Crippen LogP contribution in [0, 0.1) is 5.82 Å². The molecule has 2 amide bonds. The Morgan fingerprint density at radius 2 is 2.10 bits per heavy atom. The van der Waals surface area contributed by atoms with Crippen molar-refractivity contribution in [3.05, 3.63) is 33.6 Å². The third kappa shape index (κ3) is 3.80. The minimum absolute atomic E-state index is 0.0214. The van der Waals surface area contributed by atoms with Crippen LogP contribution in [-0.2, 0) is 0 Å². The molecule has 1 aromatic carbocycles. The summed E-state index contributed by atoms with van der Waals surface area (Å²) in [5.74, 6) is -0.538. The monoisotopic (exact) mass is 332 g/mol. The number of carbonyl (C=O) groups is 1. The number of benzene rings is 1. The second-order valence-electron chi connectivity index (χ2n) is 5.50. The molecular weight excluding hydrogens is 314 g/mol. The van der Waals surface area contributed by atoms with E-state index in [2.05, 4.69) is 5.32 Å². The molecular formula is C15H19Cl2FN2O. The van der Waals surface area contributed by atoms with Gasteiger partial charge in [0.25, 0.3) is 0 Å². The molecule has 21 heavy (non-hydrogen) atoms. The molecule has 1 aromatic rings. The molecule has 0 aliphatic carbocycles. The molecule has 1 N–H and O–H groups in total. The first-order chi connectivity index (χ1) is 9.90. The molecule has 1 heterocycles. The van der Waals surface area contributed by atoms with Crippen molar-refractivity contribution < 1.29 is 9.18 Å². The van der Waals surface area contributed by atoms with Crippen molar-refractivity contribution in [3.63, 3.8) is 0 Å². The van der Waals surface area contributed by atoms with E-state index in [9.17, 15) is 9.18 Å². The van der Waals surface area contributed by atoms with E-state index in [1.54, 1.807) is 6.92 Å². The lowest BCUT2D eigenvalue weighted by Gasteiger charge is -2.34. The smallest absolute Gasteiger partial charge is 0.318 e. The molecule has 3 nitrogen and oxygen atoms in total. The minimum Gasteiger partial charge on any atom is -0.331 e. The summed E-state index contributed by atoms with van der Waals surface area (Å²) in [6.45, 7) is 4.57. The number of amides is 2. The van der Waals surface area contributed by atoms with E-state index in [0.717, 1.165) is 25.8 Å². The summed E-state index contributed by atoms with van der Waals surface area (Å²) in [6, 6.07) is 2.34. The summed E-state index contributed by atoms with van der Waals surface area (Å²) in [5, 5.41) is 3.20. The van der Waals surface area contributed by atoms with Crippen LogP contribution in [0.15, 0.2) is 12.1 Å². The Morgan fingerprint density at radius 1 is 1.38 bits per heavy atom. The van der Waals surface area contributed by atoms with Gasteiger partial charge in [-0.3, -0.25) is 0 Å². The highest BCUT2D eigenvalue weighted by molar-refractivity contribution is 6.35. The average Bonchev–Trinajstić information content (AvgIpc) is 2.43. The zero-order chi connectivity index (χ0) is 15.6. The normalized spacial score (nSPS) is 20.2. The van der Waals surface area contributed by atoms with Crippen LogP contribution in [0.25, 0.3) is 0 Å². The summed E-state index contributed by atoms with van der Waals surface area (Å²) >= 11 is 11.8. The van der Waals surface area contributed by atoms with Crippen molar-refractivity contribution in [2.75, 3.05) is 6.54 Å². The van der Waals surface area contributed by atoms with E-state index in [1.165, 1.54) is 12.1 Å². The number of piperidine rings is 1. The topological polar surface area (TPSA) is 32.3 Å². The van der Waals surface area contributed by atoms with Gasteiger partial charge < -0.3 is 10.2 Å². The minimum atomic E-state index is -0.538. The SMILES string of the molecule is CC(NC(=O)N1CCCCC1C)c1cc(F)c(Cl)cc1Cl. The molecule has 1 aliphatic heterocycles. The van der Waals surface area contributed by atoms with Gasteiger partial charge in [0, 0.05) is 17.6 Å². The summed E-state index contributed by atoms with van der Waals surface area (Å²) in [4.78, 5) is 14.1. The van der Waals surface area contributed by atoms with Crippen molar-refractivity contribution in [1.29, 1.82) is 0 Å². The number of carbonyl (C=O) groups excluding carboxylic acids is 1. The van der Waals surface area contributed by atoms with Crippen LogP contribution in [0.1, 0.15) is 44.7 Å². The van der Waals surface area contributed by atoms with E-state index in [1.807, 2.05) is 11.8 Å². The van der Waals surface area contributed by atoms with Gasteiger partial charge in [-0.2, -0.15) is 0 Å². The fraction of sp³-hybridized carbons (Fsp3) is 0.533. The zero-order valence-corrected chi connectivity index (χ0v) is 13.6. The number of hydrogen-bond donors (Lipinski definition) is 1. The van der Waals surface area contributed by atoms with Gasteiger partial charge in [-0.15, -0.1) is 0 Å². The van der Waals surface area contributed by atoms with Crippen LogP contribution in [0.4, 0.5) is 9.18 Å². The fourth-order valence-electron chi connectivity index (χ4n) is 2.62. The van der Waals surface area contributed by atoms with Gasteiger partial charge >= 0.3 is 6.03 Å². The predicted octanol–water partition coefficient (Wildman–Crippen LogP) is 4.78. The first kappa shape index (κ1) is 16.4. The first-order valence-electron chi connectivity index (χ1n) is 7.11. The summed E-state index contributed by atoms with van der Waals surface area (Å²) < 4.78 is 13.6. The summed E-state index contributed by atoms with van der Waals surface area (Å²) in [6.07, 6.45) is 3.18. The van der Waals surface area contributed by atoms with Crippen LogP contribution < -0.4 is 5.32 Å². The van der Waals surface area contributed by atoms with Crippen LogP contribution in [0.2, 0.25) is 10.0 Å². The highest BCUT2D eigenvalue weighted by Crippen LogP contribution is 2.29. The molecule has 0 bridgehead atoms.